The van der Waals surface area contributed by atoms with E-state index in [2.05, 4.69) is 29.1 Å². The van der Waals surface area contributed by atoms with Crippen molar-refractivity contribution in [1.29, 1.82) is 0 Å². The zero-order valence-corrected chi connectivity index (χ0v) is 11.8. The van der Waals surface area contributed by atoms with Crippen molar-refractivity contribution >= 4 is 5.91 Å². The Balaban J connectivity index is 2.03. The summed E-state index contributed by atoms with van der Waals surface area (Å²) >= 11 is 0. The van der Waals surface area contributed by atoms with E-state index in [-0.39, 0.29) is 5.91 Å². The Morgan fingerprint density at radius 1 is 1.44 bits per heavy atom. The molecule has 2 atom stereocenters. The molecule has 1 saturated heterocycles. The summed E-state index contributed by atoms with van der Waals surface area (Å²) in [7, 11) is 4.02. The third-order valence-corrected chi connectivity index (χ3v) is 4.68. The Bertz CT molecular complexity index is 318. The molecular weight excluding hydrogens is 228 g/mol. The Morgan fingerprint density at radius 3 is 2.56 bits per heavy atom. The van der Waals surface area contributed by atoms with E-state index in [0.717, 1.165) is 39.0 Å². The van der Waals surface area contributed by atoms with E-state index < -0.39 is 5.54 Å². The number of piperazine rings is 1. The number of nitrogens with one attached hydrogen (secondary N) is 1. The molecule has 3 N–H and O–H groups in total. The normalized spacial score (nSPS) is 30.1. The van der Waals surface area contributed by atoms with Gasteiger partial charge >= 0.3 is 0 Å². The number of carbonyl (C=O) groups excluding carboxylic acids is 1. The number of nitrogens with zero attached hydrogens (tertiary/aromatic N) is 2. The van der Waals surface area contributed by atoms with Gasteiger partial charge in [0.15, 0.2) is 0 Å². The average molecular weight is 254 g/mol. The van der Waals surface area contributed by atoms with Gasteiger partial charge in [-0.15, -0.1) is 0 Å². The fourth-order valence-corrected chi connectivity index (χ4v) is 3.01. The standard InChI is InChI=1S/C13H26N4O/c1-10-8-17(7-6-16(10)3)9-13(15-2,12(14)18)11-4-5-11/h10-11,15H,4-9H2,1-3H3,(H2,14,18). The van der Waals surface area contributed by atoms with Crippen LogP contribution in [-0.2, 0) is 4.79 Å². The molecule has 0 spiro atoms. The van der Waals surface area contributed by atoms with Gasteiger partial charge in [-0.05, 0) is 39.8 Å². The third-order valence-electron chi connectivity index (χ3n) is 4.68. The van der Waals surface area contributed by atoms with Crippen molar-refractivity contribution in [3.05, 3.63) is 0 Å². The Kier molecular flexibility index (Phi) is 3.94. The summed E-state index contributed by atoms with van der Waals surface area (Å²) in [4.78, 5) is 16.6. The molecular formula is C13H26N4O. The van der Waals surface area contributed by atoms with E-state index in [1.165, 1.54) is 0 Å². The molecule has 18 heavy (non-hydrogen) atoms. The predicted molar refractivity (Wildman–Crippen MR) is 72.2 cm³/mol. The molecule has 2 unspecified atom stereocenters. The Morgan fingerprint density at radius 2 is 2.11 bits per heavy atom. The fraction of sp³-hybridized carbons (Fsp3) is 0.923. The maximum absolute atomic E-state index is 11.9. The van der Waals surface area contributed by atoms with Crippen LogP contribution in [0.5, 0.6) is 0 Å². The first kappa shape index (κ1) is 13.8. The van der Waals surface area contributed by atoms with Crippen LogP contribution < -0.4 is 11.1 Å². The molecule has 1 heterocycles. The average Bonchev–Trinajstić information content (AvgIpc) is 3.14. The van der Waals surface area contributed by atoms with Crippen molar-refractivity contribution in [2.24, 2.45) is 11.7 Å². The lowest BCUT2D eigenvalue weighted by atomic mass is 9.91. The lowest BCUT2D eigenvalue weighted by molar-refractivity contribution is -0.126. The first-order valence-electron chi connectivity index (χ1n) is 6.91. The number of carbonyl (C=O) groups is 1. The molecule has 1 saturated carbocycles. The molecule has 104 valence electrons. The zero-order chi connectivity index (χ0) is 13.3. The molecule has 0 aromatic rings. The highest BCUT2D eigenvalue weighted by molar-refractivity contribution is 5.86. The van der Waals surface area contributed by atoms with E-state index in [0.29, 0.717) is 12.0 Å². The highest BCUT2D eigenvalue weighted by Crippen LogP contribution is 2.40. The van der Waals surface area contributed by atoms with Crippen LogP contribution in [0.2, 0.25) is 0 Å². The highest BCUT2D eigenvalue weighted by Gasteiger charge is 2.49. The molecule has 1 aliphatic carbocycles. The predicted octanol–water partition coefficient (Wildman–Crippen LogP) is -0.524. The topological polar surface area (TPSA) is 61.6 Å². The molecule has 1 amide bonds. The van der Waals surface area contributed by atoms with E-state index in [4.69, 9.17) is 5.73 Å². The van der Waals surface area contributed by atoms with Gasteiger partial charge in [-0.25, -0.2) is 0 Å². The van der Waals surface area contributed by atoms with E-state index >= 15 is 0 Å². The van der Waals surface area contributed by atoms with Crippen LogP contribution in [0.1, 0.15) is 19.8 Å². The minimum atomic E-state index is -0.518. The van der Waals surface area contributed by atoms with Crippen LogP contribution in [0.15, 0.2) is 0 Å². The van der Waals surface area contributed by atoms with Gasteiger partial charge in [-0.3, -0.25) is 9.69 Å². The van der Waals surface area contributed by atoms with Gasteiger partial charge in [0.05, 0.1) is 0 Å². The second kappa shape index (κ2) is 5.15. The van der Waals surface area contributed by atoms with Gasteiger partial charge in [-0.2, -0.15) is 0 Å². The van der Waals surface area contributed by atoms with Crippen molar-refractivity contribution in [1.82, 2.24) is 15.1 Å². The van der Waals surface area contributed by atoms with Gasteiger partial charge < -0.3 is 16.0 Å². The lowest BCUT2D eigenvalue weighted by Crippen LogP contribution is -2.64. The molecule has 2 aliphatic rings. The fourth-order valence-electron chi connectivity index (χ4n) is 3.01. The van der Waals surface area contributed by atoms with Crippen molar-refractivity contribution < 1.29 is 4.79 Å². The maximum Gasteiger partial charge on any atom is 0.239 e. The first-order valence-corrected chi connectivity index (χ1v) is 6.91. The summed E-state index contributed by atoms with van der Waals surface area (Å²) in [5, 5.41) is 3.22. The molecule has 1 aliphatic heterocycles. The van der Waals surface area contributed by atoms with Crippen molar-refractivity contribution in [3.63, 3.8) is 0 Å². The number of rotatable bonds is 5. The summed E-state index contributed by atoms with van der Waals surface area (Å²) in [5.41, 5.74) is 5.15. The quantitative estimate of drug-likeness (QED) is 0.693. The number of hydrogen-bond acceptors (Lipinski definition) is 4. The number of nitrogens with two attached hydrogens (primary N) is 1. The van der Waals surface area contributed by atoms with Crippen LogP contribution in [0, 0.1) is 5.92 Å². The minimum Gasteiger partial charge on any atom is -0.368 e. The Labute approximate surface area is 110 Å². The lowest BCUT2D eigenvalue weighted by Gasteiger charge is -2.42. The van der Waals surface area contributed by atoms with Crippen LogP contribution in [0.3, 0.4) is 0 Å². The van der Waals surface area contributed by atoms with E-state index in [1.54, 1.807) is 0 Å². The molecule has 0 bridgehead atoms. The van der Waals surface area contributed by atoms with Gasteiger partial charge in [0.2, 0.25) is 5.91 Å². The van der Waals surface area contributed by atoms with Gasteiger partial charge in [0.25, 0.3) is 0 Å². The molecule has 0 radical (unpaired) electrons. The summed E-state index contributed by atoms with van der Waals surface area (Å²) in [5.74, 6) is 0.231. The van der Waals surface area contributed by atoms with Crippen LogP contribution in [-0.4, -0.2) is 67.6 Å². The second-order valence-corrected chi connectivity index (χ2v) is 5.92. The highest BCUT2D eigenvalue weighted by atomic mass is 16.1. The summed E-state index contributed by atoms with van der Waals surface area (Å²) in [6.07, 6.45) is 2.24. The van der Waals surface area contributed by atoms with E-state index in [1.807, 2.05) is 7.05 Å². The van der Waals surface area contributed by atoms with Gasteiger partial charge in [-0.1, -0.05) is 0 Å². The monoisotopic (exact) mass is 254 g/mol. The number of hydrogen-bond donors (Lipinski definition) is 2. The summed E-state index contributed by atoms with van der Waals surface area (Å²) in [6, 6.07) is 0.542. The van der Waals surface area contributed by atoms with Crippen molar-refractivity contribution in [2.45, 2.75) is 31.3 Å². The SMILES string of the molecule is CNC(CN1CCN(C)C(C)C1)(C(N)=O)C1CC1. The summed E-state index contributed by atoms with van der Waals surface area (Å²) < 4.78 is 0. The number of likely N-dealkylation sites (N-methyl/N-ethyl adjacent to an activating group) is 2. The number of primary amides is 1. The molecule has 5 heteroatoms. The van der Waals surface area contributed by atoms with Crippen molar-refractivity contribution in [3.8, 4) is 0 Å². The van der Waals surface area contributed by atoms with Gasteiger partial charge in [0, 0.05) is 32.2 Å². The largest absolute Gasteiger partial charge is 0.368 e. The van der Waals surface area contributed by atoms with Gasteiger partial charge in [0.1, 0.15) is 5.54 Å². The Hall–Kier alpha value is -0.650. The molecule has 0 aromatic carbocycles. The third kappa shape index (κ3) is 2.53. The molecule has 0 aromatic heterocycles. The number of amides is 1. The second-order valence-electron chi connectivity index (χ2n) is 5.92. The van der Waals surface area contributed by atoms with Crippen molar-refractivity contribution in [2.75, 3.05) is 40.3 Å². The zero-order valence-electron chi connectivity index (χ0n) is 11.8. The van der Waals surface area contributed by atoms with Crippen LogP contribution in [0.4, 0.5) is 0 Å². The maximum atomic E-state index is 11.9. The molecule has 2 fully saturated rings. The van der Waals surface area contributed by atoms with E-state index in [9.17, 15) is 4.79 Å². The first-order chi connectivity index (χ1) is 8.49. The van der Waals surface area contributed by atoms with Crippen LogP contribution in [0.25, 0.3) is 0 Å². The molecule has 2 rings (SSSR count). The smallest absolute Gasteiger partial charge is 0.239 e. The minimum absolute atomic E-state index is 0.195. The summed E-state index contributed by atoms with van der Waals surface area (Å²) in [6.45, 7) is 6.07. The molecule has 5 nitrogen and oxygen atoms in total. The van der Waals surface area contributed by atoms with Crippen LogP contribution >= 0.6 is 0 Å².